The van der Waals surface area contributed by atoms with Crippen LogP contribution in [0.5, 0.6) is 0 Å². The molecule has 0 amide bonds. The van der Waals surface area contributed by atoms with Crippen LogP contribution in [-0.2, 0) is 0 Å². The Morgan fingerprint density at radius 1 is 1.47 bits per heavy atom. The maximum Gasteiger partial charge on any atom is 0.121 e. The first-order valence-electron chi connectivity index (χ1n) is 6.71. The van der Waals surface area contributed by atoms with Gasteiger partial charge in [-0.2, -0.15) is 0 Å². The molecule has 1 N–H and O–H groups in total. The van der Waals surface area contributed by atoms with E-state index < -0.39 is 0 Å². The topological polar surface area (TPSA) is 28.4 Å². The van der Waals surface area contributed by atoms with Crippen LogP contribution in [-0.4, -0.2) is 31.6 Å². The van der Waals surface area contributed by atoms with Crippen molar-refractivity contribution in [2.75, 3.05) is 26.7 Å². The van der Waals surface area contributed by atoms with Crippen LogP contribution in [0.3, 0.4) is 0 Å². The lowest BCUT2D eigenvalue weighted by Gasteiger charge is -2.26. The SMILES string of the molecule is CCCN1CCC(CNC)C1c1ccc(C)o1. The lowest BCUT2D eigenvalue weighted by molar-refractivity contribution is 0.197. The van der Waals surface area contributed by atoms with Crippen molar-refractivity contribution in [1.29, 1.82) is 0 Å². The van der Waals surface area contributed by atoms with Crippen molar-refractivity contribution >= 4 is 0 Å². The molecule has 2 heterocycles. The fourth-order valence-electron chi connectivity index (χ4n) is 2.97. The summed E-state index contributed by atoms with van der Waals surface area (Å²) >= 11 is 0. The average Bonchev–Trinajstić information content (AvgIpc) is 2.87. The maximum atomic E-state index is 5.85. The molecule has 0 aromatic carbocycles. The van der Waals surface area contributed by atoms with Crippen LogP contribution < -0.4 is 5.32 Å². The lowest BCUT2D eigenvalue weighted by Crippen LogP contribution is -2.29. The Hall–Kier alpha value is -0.800. The predicted octanol–water partition coefficient (Wildman–Crippen LogP) is 2.58. The van der Waals surface area contributed by atoms with Crippen molar-refractivity contribution in [2.45, 2.75) is 32.7 Å². The van der Waals surface area contributed by atoms with Crippen molar-refractivity contribution in [3.8, 4) is 0 Å². The van der Waals surface area contributed by atoms with Crippen molar-refractivity contribution < 1.29 is 4.42 Å². The summed E-state index contributed by atoms with van der Waals surface area (Å²) < 4.78 is 5.85. The molecule has 1 aromatic heterocycles. The largest absolute Gasteiger partial charge is 0.465 e. The first-order chi connectivity index (χ1) is 8.26. The third-order valence-electron chi connectivity index (χ3n) is 3.66. The molecule has 17 heavy (non-hydrogen) atoms. The van der Waals surface area contributed by atoms with Crippen LogP contribution in [0.15, 0.2) is 16.5 Å². The monoisotopic (exact) mass is 236 g/mol. The van der Waals surface area contributed by atoms with Gasteiger partial charge in [0, 0.05) is 0 Å². The Balaban J connectivity index is 2.16. The molecule has 2 rings (SSSR count). The summed E-state index contributed by atoms with van der Waals surface area (Å²) in [5.74, 6) is 2.84. The molecular weight excluding hydrogens is 212 g/mol. The van der Waals surface area contributed by atoms with Gasteiger partial charge in [-0.1, -0.05) is 6.92 Å². The predicted molar refractivity (Wildman–Crippen MR) is 70.1 cm³/mol. The van der Waals surface area contributed by atoms with E-state index >= 15 is 0 Å². The molecule has 1 aliphatic rings. The third-order valence-corrected chi connectivity index (χ3v) is 3.66. The highest BCUT2D eigenvalue weighted by Crippen LogP contribution is 2.37. The number of hydrogen-bond acceptors (Lipinski definition) is 3. The van der Waals surface area contributed by atoms with E-state index in [9.17, 15) is 0 Å². The van der Waals surface area contributed by atoms with Crippen molar-refractivity contribution in [3.05, 3.63) is 23.7 Å². The summed E-state index contributed by atoms with van der Waals surface area (Å²) in [4.78, 5) is 2.57. The van der Waals surface area contributed by atoms with Crippen LogP contribution in [0, 0.1) is 12.8 Å². The highest BCUT2D eigenvalue weighted by Gasteiger charge is 2.36. The second-order valence-electron chi connectivity index (χ2n) is 5.04. The van der Waals surface area contributed by atoms with Gasteiger partial charge in [0.1, 0.15) is 11.5 Å². The zero-order valence-corrected chi connectivity index (χ0v) is 11.2. The Morgan fingerprint density at radius 3 is 2.88 bits per heavy atom. The van der Waals surface area contributed by atoms with Crippen molar-refractivity contribution in [2.24, 2.45) is 5.92 Å². The van der Waals surface area contributed by atoms with Gasteiger partial charge in [0.25, 0.3) is 0 Å². The molecule has 0 bridgehead atoms. The summed E-state index contributed by atoms with van der Waals surface area (Å²) in [6, 6.07) is 4.70. The third kappa shape index (κ3) is 2.72. The van der Waals surface area contributed by atoms with Gasteiger partial charge >= 0.3 is 0 Å². The molecule has 0 radical (unpaired) electrons. The molecular formula is C14H24N2O. The molecule has 0 saturated carbocycles. The van der Waals surface area contributed by atoms with E-state index in [4.69, 9.17) is 4.42 Å². The average molecular weight is 236 g/mol. The zero-order valence-electron chi connectivity index (χ0n) is 11.2. The van der Waals surface area contributed by atoms with E-state index in [1.165, 1.54) is 25.9 Å². The Kier molecular flexibility index (Phi) is 4.24. The normalized spacial score (nSPS) is 25.6. The zero-order chi connectivity index (χ0) is 12.3. The minimum absolute atomic E-state index is 0.469. The molecule has 1 aliphatic heterocycles. The number of rotatable bonds is 5. The minimum Gasteiger partial charge on any atom is -0.465 e. The van der Waals surface area contributed by atoms with Gasteiger partial charge in [0.2, 0.25) is 0 Å². The highest BCUT2D eigenvalue weighted by molar-refractivity contribution is 5.13. The molecule has 2 unspecified atom stereocenters. The summed E-state index contributed by atoms with van der Waals surface area (Å²) in [7, 11) is 2.03. The van der Waals surface area contributed by atoms with Crippen LogP contribution in [0.2, 0.25) is 0 Å². The fraction of sp³-hybridized carbons (Fsp3) is 0.714. The van der Waals surface area contributed by atoms with Crippen LogP contribution in [0.4, 0.5) is 0 Å². The van der Waals surface area contributed by atoms with Crippen LogP contribution >= 0.6 is 0 Å². The van der Waals surface area contributed by atoms with E-state index in [-0.39, 0.29) is 0 Å². The molecule has 1 fully saturated rings. The van der Waals surface area contributed by atoms with E-state index in [2.05, 4.69) is 29.3 Å². The van der Waals surface area contributed by atoms with Crippen molar-refractivity contribution in [1.82, 2.24) is 10.2 Å². The summed E-state index contributed by atoms with van der Waals surface area (Å²) in [6.07, 6.45) is 2.48. The van der Waals surface area contributed by atoms with Crippen molar-refractivity contribution in [3.63, 3.8) is 0 Å². The van der Waals surface area contributed by atoms with Gasteiger partial charge in [-0.05, 0) is 64.5 Å². The Morgan fingerprint density at radius 2 is 2.29 bits per heavy atom. The lowest BCUT2D eigenvalue weighted by atomic mass is 9.98. The Labute approximate surface area is 104 Å². The number of nitrogens with zero attached hydrogens (tertiary/aromatic N) is 1. The molecule has 0 aliphatic carbocycles. The highest BCUT2D eigenvalue weighted by atomic mass is 16.3. The van der Waals surface area contributed by atoms with E-state index in [1.54, 1.807) is 0 Å². The van der Waals surface area contributed by atoms with Gasteiger partial charge in [-0.3, -0.25) is 4.90 Å². The second-order valence-corrected chi connectivity index (χ2v) is 5.04. The number of nitrogens with one attached hydrogen (secondary N) is 1. The maximum absolute atomic E-state index is 5.85. The van der Waals surface area contributed by atoms with Crippen LogP contribution in [0.1, 0.15) is 37.3 Å². The van der Waals surface area contributed by atoms with Gasteiger partial charge < -0.3 is 9.73 Å². The smallest absolute Gasteiger partial charge is 0.121 e. The van der Waals surface area contributed by atoms with Gasteiger partial charge in [-0.25, -0.2) is 0 Å². The number of aryl methyl sites for hydroxylation is 1. The molecule has 3 heteroatoms. The van der Waals surface area contributed by atoms with Gasteiger partial charge in [-0.15, -0.1) is 0 Å². The summed E-state index contributed by atoms with van der Waals surface area (Å²) in [5.41, 5.74) is 0. The van der Waals surface area contributed by atoms with Gasteiger partial charge in [0.15, 0.2) is 0 Å². The molecule has 1 saturated heterocycles. The molecule has 3 nitrogen and oxygen atoms in total. The standard InChI is InChI=1S/C14H24N2O/c1-4-8-16-9-7-12(10-15-3)14(16)13-6-5-11(2)17-13/h5-6,12,14-15H,4,7-10H2,1-3H3. The van der Waals surface area contributed by atoms with E-state index in [0.717, 1.165) is 18.1 Å². The minimum atomic E-state index is 0.469. The number of furan rings is 1. The molecule has 96 valence electrons. The van der Waals surface area contributed by atoms with E-state index in [0.29, 0.717) is 12.0 Å². The molecule has 2 atom stereocenters. The first kappa shape index (κ1) is 12.7. The number of likely N-dealkylation sites (tertiary alicyclic amines) is 1. The fourth-order valence-corrected chi connectivity index (χ4v) is 2.97. The molecule has 0 spiro atoms. The number of hydrogen-bond donors (Lipinski definition) is 1. The Bertz CT molecular complexity index is 334. The molecule has 1 aromatic rings. The quantitative estimate of drug-likeness (QED) is 0.851. The second kappa shape index (κ2) is 5.69. The summed E-state index contributed by atoms with van der Waals surface area (Å²) in [5, 5.41) is 3.31. The summed E-state index contributed by atoms with van der Waals surface area (Å²) in [6.45, 7) is 7.71. The first-order valence-corrected chi connectivity index (χ1v) is 6.71. The van der Waals surface area contributed by atoms with Crippen LogP contribution in [0.25, 0.3) is 0 Å². The van der Waals surface area contributed by atoms with E-state index in [1.807, 2.05) is 14.0 Å². The van der Waals surface area contributed by atoms with Gasteiger partial charge in [0.05, 0.1) is 6.04 Å².